The van der Waals surface area contributed by atoms with Gasteiger partial charge in [0, 0.05) is 23.6 Å². The highest BCUT2D eigenvalue weighted by Crippen LogP contribution is 2.18. The van der Waals surface area contributed by atoms with Crippen LogP contribution in [0.4, 0.5) is 4.39 Å². The van der Waals surface area contributed by atoms with Crippen LogP contribution < -0.4 is 5.32 Å². The molecule has 0 atom stereocenters. The maximum absolute atomic E-state index is 12.9. The van der Waals surface area contributed by atoms with Crippen LogP contribution in [0.3, 0.4) is 0 Å². The number of nitrogens with one attached hydrogen (secondary N) is 2. The Bertz CT molecular complexity index is 522. The highest BCUT2D eigenvalue weighted by atomic mass is 19.1. The number of hydrogen-bond acceptors (Lipinski definition) is 2. The lowest BCUT2D eigenvalue weighted by molar-refractivity contribution is 0.0946. The van der Waals surface area contributed by atoms with Crippen molar-refractivity contribution < 1.29 is 14.3 Å². The van der Waals surface area contributed by atoms with E-state index < -0.39 is 0 Å². The molecule has 1 heterocycles. The molecule has 0 saturated heterocycles. The number of aliphatic hydroxyl groups excluding tert-OH is 1. The van der Waals surface area contributed by atoms with Crippen LogP contribution in [0.2, 0.25) is 0 Å². The van der Waals surface area contributed by atoms with E-state index in [1.807, 2.05) is 0 Å². The molecule has 16 heavy (non-hydrogen) atoms. The number of hydrogen-bond donors (Lipinski definition) is 3. The lowest BCUT2D eigenvalue weighted by atomic mass is 10.1. The van der Waals surface area contributed by atoms with Crippen molar-refractivity contribution in [3.8, 4) is 0 Å². The largest absolute Gasteiger partial charge is 0.395 e. The number of H-pyrrole nitrogens is 1. The van der Waals surface area contributed by atoms with Gasteiger partial charge in [0.2, 0.25) is 0 Å². The molecule has 2 rings (SSSR count). The molecule has 0 bridgehead atoms. The molecule has 1 aromatic heterocycles. The Balaban J connectivity index is 2.34. The summed E-state index contributed by atoms with van der Waals surface area (Å²) >= 11 is 0. The molecule has 0 aliphatic rings. The lowest BCUT2D eigenvalue weighted by Crippen LogP contribution is -2.26. The molecule has 0 aliphatic heterocycles. The summed E-state index contributed by atoms with van der Waals surface area (Å²) in [5, 5.41) is 11.8. The van der Waals surface area contributed by atoms with Crippen molar-refractivity contribution in [2.75, 3.05) is 13.2 Å². The molecule has 84 valence electrons. The number of fused-ring (bicyclic) bond motifs is 1. The van der Waals surface area contributed by atoms with Crippen LogP contribution in [0.15, 0.2) is 24.4 Å². The Labute approximate surface area is 91.1 Å². The first kappa shape index (κ1) is 10.6. The van der Waals surface area contributed by atoms with E-state index >= 15 is 0 Å². The number of benzene rings is 1. The van der Waals surface area contributed by atoms with Gasteiger partial charge in [0.25, 0.3) is 5.91 Å². The van der Waals surface area contributed by atoms with Crippen molar-refractivity contribution in [3.05, 3.63) is 35.8 Å². The third-order valence-corrected chi connectivity index (χ3v) is 2.29. The molecule has 3 N–H and O–H groups in total. The Hall–Kier alpha value is -1.88. The van der Waals surface area contributed by atoms with Gasteiger partial charge in [0.1, 0.15) is 5.82 Å². The van der Waals surface area contributed by atoms with Gasteiger partial charge in [-0.05, 0) is 18.2 Å². The summed E-state index contributed by atoms with van der Waals surface area (Å²) in [6.45, 7) is 0.0927. The third-order valence-electron chi connectivity index (χ3n) is 2.29. The molecule has 0 unspecified atom stereocenters. The van der Waals surface area contributed by atoms with E-state index in [2.05, 4.69) is 10.3 Å². The van der Waals surface area contributed by atoms with Gasteiger partial charge in [0.15, 0.2) is 0 Å². The zero-order valence-corrected chi connectivity index (χ0v) is 8.46. The first-order chi connectivity index (χ1) is 7.72. The molecular weight excluding hydrogens is 211 g/mol. The second-order valence-corrected chi connectivity index (χ2v) is 3.37. The average Bonchev–Trinajstić information content (AvgIpc) is 2.68. The number of aromatic amines is 1. The van der Waals surface area contributed by atoms with Gasteiger partial charge in [-0.2, -0.15) is 0 Å². The Morgan fingerprint density at radius 2 is 2.31 bits per heavy atom. The predicted molar refractivity (Wildman–Crippen MR) is 57.7 cm³/mol. The molecule has 5 heteroatoms. The van der Waals surface area contributed by atoms with E-state index in [1.165, 1.54) is 18.3 Å². The molecule has 1 aromatic carbocycles. The zero-order chi connectivity index (χ0) is 11.5. The van der Waals surface area contributed by atoms with Gasteiger partial charge >= 0.3 is 0 Å². The highest BCUT2D eigenvalue weighted by molar-refractivity contribution is 6.06. The maximum atomic E-state index is 12.9. The number of carbonyl (C=O) groups is 1. The molecule has 0 fully saturated rings. The highest BCUT2D eigenvalue weighted by Gasteiger charge is 2.11. The van der Waals surface area contributed by atoms with Gasteiger partial charge in [0.05, 0.1) is 12.2 Å². The van der Waals surface area contributed by atoms with Crippen molar-refractivity contribution in [2.24, 2.45) is 0 Å². The number of amides is 1. The van der Waals surface area contributed by atoms with E-state index in [4.69, 9.17) is 5.11 Å². The molecule has 0 saturated carbocycles. The zero-order valence-electron chi connectivity index (χ0n) is 8.46. The number of aromatic nitrogens is 1. The van der Waals surface area contributed by atoms with Gasteiger partial charge in [-0.25, -0.2) is 4.39 Å². The summed E-state index contributed by atoms with van der Waals surface area (Å²) < 4.78 is 12.9. The molecule has 0 aliphatic carbocycles. The molecule has 0 spiro atoms. The molecular formula is C11H11FN2O2. The van der Waals surface area contributed by atoms with Crippen molar-refractivity contribution in [1.29, 1.82) is 0 Å². The van der Waals surface area contributed by atoms with Crippen LogP contribution in [0.25, 0.3) is 10.9 Å². The fourth-order valence-electron chi connectivity index (χ4n) is 1.55. The summed E-state index contributed by atoms with van der Waals surface area (Å²) in [5.41, 5.74) is 1.03. The first-order valence-electron chi connectivity index (χ1n) is 4.88. The summed E-state index contributed by atoms with van der Waals surface area (Å²) in [4.78, 5) is 14.5. The quantitative estimate of drug-likeness (QED) is 0.726. The van der Waals surface area contributed by atoms with Crippen LogP contribution in [-0.2, 0) is 0 Å². The Kier molecular flexibility index (Phi) is 2.87. The fraction of sp³-hybridized carbons (Fsp3) is 0.182. The normalized spacial score (nSPS) is 10.6. The minimum atomic E-state index is -0.350. The number of aliphatic hydroxyl groups is 1. The summed E-state index contributed by atoms with van der Waals surface area (Å²) in [7, 11) is 0. The van der Waals surface area contributed by atoms with Crippen molar-refractivity contribution in [1.82, 2.24) is 10.3 Å². The third kappa shape index (κ3) is 1.90. The summed E-state index contributed by atoms with van der Waals surface area (Å²) in [6.07, 6.45) is 1.52. The van der Waals surface area contributed by atoms with Gasteiger partial charge in [-0.3, -0.25) is 4.79 Å². The van der Waals surface area contributed by atoms with E-state index in [9.17, 15) is 9.18 Å². The van der Waals surface area contributed by atoms with E-state index in [0.717, 1.165) is 0 Å². The van der Waals surface area contributed by atoms with E-state index in [1.54, 1.807) is 6.07 Å². The number of rotatable bonds is 3. The second-order valence-electron chi connectivity index (χ2n) is 3.37. The maximum Gasteiger partial charge on any atom is 0.253 e. The van der Waals surface area contributed by atoms with Crippen LogP contribution in [-0.4, -0.2) is 29.1 Å². The smallest absolute Gasteiger partial charge is 0.253 e. The monoisotopic (exact) mass is 222 g/mol. The molecule has 2 aromatic rings. The van der Waals surface area contributed by atoms with Gasteiger partial charge in [-0.15, -0.1) is 0 Å². The average molecular weight is 222 g/mol. The van der Waals surface area contributed by atoms with Crippen LogP contribution in [0.5, 0.6) is 0 Å². The first-order valence-corrected chi connectivity index (χ1v) is 4.88. The van der Waals surface area contributed by atoms with E-state index in [-0.39, 0.29) is 24.9 Å². The summed E-state index contributed by atoms with van der Waals surface area (Å²) in [5.74, 6) is -0.636. The second kappa shape index (κ2) is 4.32. The Morgan fingerprint density at radius 1 is 1.50 bits per heavy atom. The topological polar surface area (TPSA) is 65.1 Å². The van der Waals surface area contributed by atoms with Crippen molar-refractivity contribution >= 4 is 16.8 Å². The molecule has 1 amide bonds. The number of carbonyl (C=O) groups excluding carboxylic acids is 1. The van der Waals surface area contributed by atoms with Crippen LogP contribution in [0.1, 0.15) is 10.4 Å². The van der Waals surface area contributed by atoms with Gasteiger partial charge < -0.3 is 15.4 Å². The molecule has 0 radical (unpaired) electrons. The Morgan fingerprint density at radius 3 is 3.06 bits per heavy atom. The van der Waals surface area contributed by atoms with Gasteiger partial charge in [-0.1, -0.05) is 0 Å². The van der Waals surface area contributed by atoms with Crippen molar-refractivity contribution in [2.45, 2.75) is 0 Å². The van der Waals surface area contributed by atoms with Crippen LogP contribution in [0, 0.1) is 5.82 Å². The lowest BCUT2D eigenvalue weighted by Gasteiger charge is -2.01. The minimum Gasteiger partial charge on any atom is -0.395 e. The van der Waals surface area contributed by atoms with Crippen molar-refractivity contribution in [3.63, 3.8) is 0 Å². The fourth-order valence-corrected chi connectivity index (χ4v) is 1.55. The molecule has 4 nitrogen and oxygen atoms in total. The SMILES string of the molecule is O=C(NCCO)c1c[nH]c2cc(F)ccc12. The predicted octanol–water partition coefficient (Wildman–Crippen LogP) is 1.03. The van der Waals surface area contributed by atoms with Crippen LogP contribution >= 0.6 is 0 Å². The minimum absolute atomic E-state index is 0.108. The van der Waals surface area contributed by atoms with E-state index in [0.29, 0.717) is 16.5 Å². The number of halogens is 1. The summed E-state index contributed by atoms with van der Waals surface area (Å²) in [6, 6.07) is 4.19. The standard InChI is InChI=1S/C11H11FN2O2/c12-7-1-2-8-9(6-14-10(8)5-7)11(16)13-3-4-15/h1-2,5-6,14-15H,3-4H2,(H,13,16).